The van der Waals surface area contributed by atoms with Crippen LogP contribution >= 0.6 is 23.2 Å². The molecular formula is C19H14Cl2O4S. The van der Waals surface area contributed by atoms with Crippen molar-refractivity contribution < 1.29 is 18.3 Å². The molecule has 26 heavy (non-hydrogen) atoms. The zero-order chi connectivity index (χ0) is 18.9. The molecule has 134 valence electrons. The largest absolute Gasteiger partial charge is 0.507 e. The van der Waals surface area contributed by atoms with E-state index in [1.807, 2.05) is 13.0 Å². The molecule has 0 saturated heterocycles. The Kier molecular flexibility index (Phi) is 5.14. The molecule has 0 bridgehead atoms. The van der Waals surface area contributed by atoms with Gasteiger partial charge in [0.2, 0.25) is 9.84 Å². The first kappa shape index (κ1) is 18.6. The van der Waals surface area contributed by atoms with Gasteiger partial charge >= 0.3 is 0 Å². The summed E-state index contributed by atoms with van der Waals surface area (Å²) in [6.45, 7) is 1.83. The molecule has 0 atom stereocenters. The molecule has 0 heterocycles. The number of hydrogen-bond donors (Lipinski definition) is 1. The zero-order valence-corrected chi connectivity index (χ0v) is 15.9. The maximum atomic E-state index is 12.8. The van der Waals surface area contributed by atoms with E-state index in [0.717, 1.165) is 5.56 Å². The Hall–Kier alpha value is -2.21. The summed E-state index contributed by atoms with van der Waals surface area (Å²) in [7, 11) is -3.94. The van der Waals surface area contributed by atoms with Gasteiger partial charge in [0.05, 0.1) is 9.92 Å². The fraction of sp³-hybridized carbons (Fsp3) is 0.0526. The normalized spacial score (nSPS) is 11.3. The number of hydrogen-bond acceptors (Lipinski definition) is 4. The van der Waals surface area contributed by atoms with Crippen molar-refractivity contribution in [3.05, 3.63) is 76.3 Å². The maximum absolute atomic E-state index is 12.8. The molecule has 4 nitrogen and oxygen atoms in total. The third kappa shape index (κ3) is 3.65. The average molecular weight is 409 g/mol. The number of ether oxygens (including phenoxy) is 1. The van der Waals surface area contributed by atoms with E-state index in [1.54, 1.807) is 12.1 Å². The molecule has 0 amide bonds. The van der Waals surface area contributed by atoms with E-state index < -0.39 is 9.84 Å². The number of rotatable bonds is 4. The van der Waals surface area contributed by atoms with Gasteiger partial charge in [0.15, 0.2) is 0 Å². The summed E-state index contributed by atoms with van der Waals surface area (Å²) in [6.07, 6.45) is 0. The highest BCUT2D eigenvalue weighted by Gasteiger charge is 2.23. The Balaban J connectivity index is 2.04. The highest BCUT2D eigenvalue weighted by molar-refractivity contribution is 7.91. The lowest BCUT2D eigenvalue weighted by molar-refractivity contribution is 0.448. The summed E-state index contributed by atoms with van der Waals surface area (Å²) in [4.78, 5) is -0.245. The van der Waals surface area contributed by atoms with E-state index >= 15 is 0 Å². The number of aryl methyl sites for hydroxylation is 1. The van der Waals surface area contributed by atoms with Gasteiger partial charge in [-0.3, -0.25) is 0 Å². The predicted molar refractivity (Wildman–Crippen MR) is 101 cm³/mol. The number of phenols is 1. The number of sulfone groups is 1. The Morgan fingerprint density at radius 3 is 2.31 bits per heavy atom. The van der Waals surface area contributed by atoms with E-state index in [2.05, 4.69) is 0 Å². The third-order valence-electron chi connectivity index (χ3n) is 3.73. The number of halogens is 2. The fourth-order valence-corrected chi connectivity index (χ4v) is 4.13. The monoisotopic (exact) mass is 408 g/mol. The molecule has 3 aromatic carbocycles. The molecule has 0 aromatic heterocycles. The topological polar surface area (TPSA) is 63.6 Å². The van der Waals surface area contributed by atoms with Crippen LogP contribution in [0.1, 0.15) is 5.56 Å². The van der Waals surface area contributed by atoms with Gasteiger partial charge in [-0.1, -0.05) is 35.3 Å². The molecule has 1 N–H and O–H groups in total. The molecule has 0 unspecified atom stereocenters. The van der Waals surface area contributed by atoms with Crippen LogP contribution in [0.3, 0.4) is 0 Å². The SMILES string of the molecule is Cc1cccc(Cl)c1Oc1ccc(O)c(S(=O)(=O)c2ccc(Cl)cc2)c1. The Labute approximate surface area is 161 Å². The second kappa shape index (κ2) is 7.19. The predicted octanol–water partition coefficient (Wildman–Crippen LogP) is 5.63. The van der Waals surface area contributed by atoms with Crippen LogP contribution in [0.5, 0.6) is 17.2 Å². The summed E-state index contributed by atoms with van der Waals surface area (Å²) < 4.78 is 31.4. The minimum Gasteiger partial charge on any atom is -0.507 e. The van der Waals surface area contributed by atoms with E-state index in [-0.39, 0.29) is 21.3 Å². The fourth-order valence-electron chi connectivity index (χ4n) is 2.38. The van der Waals surface area contributed by atoms with Crippen LogP contribution in [0.4, 0.5) is 0 Å². The van der Waals surface area contributed by atoms with Crippen LogP contribution in [0.2, 0.25) is 10.0 Å². The molecule has 0 aliphatic rings. The van der Waals surface area contributed by atoms with Crippen molar-refractivity contribution in [2.75, 3.05) is 0 Å². The molecule has 0 aliphatic carbocycles. The average Bonchev–Trinajstić information content (AvgIpc) is 2.60. The van der Waals surface area contributed by atoms with Crippen molar-refractivity contribution in [2.24, 2.45) is 0 Å². The molecule has 7 heteroatoms. The van der Waals surface area contributed by atoms with Crippen LogP contribution in [0, 0.1) is 6.92 Å². The quantitative estimate of drug-likeness (QED) is 0.607. The van der Waals surface area contributed by atoms with Gasteiger partial charge in [-0.25, -0.2) is 8.42 Å². The van der Waals surface area contributed by atoms with Gasteiger partial charge in [0.25, 0.3) is 0 Å². The standard InChI is InChI=1S/C19H14Cl2O4S/c1-12-3-2-4-16(21)19(12)25-14-7-10-17(22)18(11-14)26(23,24)15-8-5-13(20)6-9-15/h2-11,22H,1H3. The first-order valence-electron chi connectivity index (χ1n) is 7.55. The van der Waals surface area contributed by atoms with Gasteiger partial charge in [0, 0.05) is 11.1 Å². The Morgan fingerprint density at radius 2 is 1.65 bits per heavy atom. The Bertz CT molecular complexity index is 1040. The highest BCUT2D eigenvalue weighted by Crippen LogP contribution is 2.37. The molecule has 0 radical (unpaired) electrons. The zero-order valence-electron chi connectivity index (χ0n) is 13.6. The molecule has 0 fully saturated rings. The van der Waals surface area contributed by atoms with Crippen LogP contribution in [0.15, 0.2) is 70.5 Å². The third-order valence-corrected chi connectivity index (χ3v) is 6.08. The smallest absolute Gasteiger partial charge is 0.210 e. The lowest BCUT2D eigenvalue weighted by Crippen LogP contribution is -2.02. The molecular weight excluding hydrogens is 395 g/mol. The van der Waals surface area contributed by atoms with Crippen LogP contribution in [0.25, 0.3) is 0 Å². The first-order valence-corrected chi connectivity index (χ1v) is 9.79. The molecule has 3 rings (SSSR count). The molecule has 0 aliphatic heterocycles. The van der Waals surface area contributed by atoms with E-state index in [0.29, 0.717) is 15.8 Å². The second-order valence-corrected chi connectivity index (χ2v) is 8.34. The van der Waals surface area contributed by atoms with Crippen molar-refractivity contribution >= 4 is 33.0 Å². The summed E-state index contributed by atoms with van der Waals surface area (Å²) in [6, 6.07) is 15.0. The molecule has 0 spiro atoms. The van der Waals surface area contributed by atoms with Gasteiger partial charge in [-0.2, -0.15) is 0 Å². The van der Waals surface area contributed by atoms with Crippen molar-refractivity contribution in [3.8, 4) is 17.2 Å². The minimum absolute atomic E-state index is 0.0169. The first-order chi connectivity index (χ1) is 12.3. The second-order valence-electron chi connectivity index (χ2n) is 5.57. The van der Waals surface area contributed by atoms with Crippen molar-refractivity contribution in [2.45, 2.75) is 16.7 Å². The lowest BCUT2D eigenvalue weighted by atomic mass is 10.2. The van der Waals surface area contributed by atoms with Crippen molar-refractivity contribution in [3.63, 3.8) is 0 Å². The van der Waals surface area contributed by atoms with Crippen molar-refractivity contribution in [1.82, 2.24) is 0 Å². The number of benzene rings is 3. The number of aromatic hydroxyl groups is 1. The van der Waals surface area contributed by atoms with Gasteiger partial charge in [-0.15, -0.1) is 0 Å². The van der Waals surface area contributed by atoms with Crippen LogP contribution in [-0.2, 0) is 9.84 Å². The highest BCUT2D eigenvalue weighted by atomic mass is 35.5. The lowest BCUT2D eigenvalue weighted by Gasteiger charge is -2.13. The number of para-hydroxylation sites is 1. The van der Waals surface area contributed by atoms with E-state index in [1.165, 1.54) is 42.5 Å². The minimum atomic E-state index is -3.94. The molecule has 0 saturated carbocycles. The van der Waals surface area contributed by atoms with Gasteiger partial charge in [-0.05, 0) is 55.0 Å². The van der Waals surface area contributed by atoms with E-state index in [4.69, 9.17) is 27.9 Å². The van der Waals surface area contributed by atoms with Gasteiger partial charge in [0.1, 0.15) is 22.1 Å². The summed E-state index contributed by atoms with van der Waals surface area (Å²) >= 11 is 12.0. The maximum Gasteiger partial charge on any atom is 0.210 e. The summed E-state index contributed by atoms with van der Waals surface area (Å²) in [5.41, 5.74) is 0.799. The summed E-state index contributed by atoms with van der Waals surface area (Å²) in [5, 5.41) is 10.9. The number of phenolic OH excluding ortho intramolecular Hbond substituents is 1. The molecule has 3 aromatic rings. The van der Waals surface area contributed by atoms with Crippen molar-refractivity contribution in [1.29, 1.82) is 0 Å². The summed E-state index contributed by atoms with van der Waals surface area (Å²) in [5.74, 6) is 0.296. The van der Waals surface area contributed by atoms with Gasteiger partial charge < -0.3 is 9.84 Å². The van der Waals surface area contributed by atoms with Crippen LogP contribution in [-0.4, -0.2) is 13.5 Å². The Morgan fingerprint density at radius 1 is 0.962 bits per heavy atom. The van der Waals surface area contributed by atoms with Crippen LogP contribution < -0.4 is 4.74 Å². The van der Waals surface area contributed by atoms with E-state index in [9.17, 15) is 13.5 Å².